The van der Waals surface area contributed by atoms with Gasteiger partial charge >= 0.3 is 12.1 Å². The van der Waals surface area contributed by atoms with Crippen LogP contribution in [-0.2, 0) is 9.53 Å². The van der Waals surface area contributed by atoms with Crippen molar-refractivity contribution in [2.24, 2.45) is 11.3 Å². The van der Waals surface area contributed by atoms with Crippen molar-refractivity contribution in [1.29, 1.82) is 0 Å². The molecule has 0 spiro atoms. The molecule has 5 heteroatoms. The van der Waals surface area contributed by atoms with E-state index in [0.29, 0.717) is 13.0 Å². The van der Waals surface area contributed by atoms with Gasteiger partial charge in [0, 0.05) is 13.1 Å². The minimum absolute atomic E-state index is 0.166. The van der Waals surface area contributed by atoms with E-state index in [1.807, 2.05) is 0 Å². The van der Waals surface area contributed by atoms with E-state index in [4.69, 9.17) is 4.74 Å². The lowest BCUT2D eigenvalue weighted by Crippen LogP contribution is -2.41. The Morgan fingerprint density at radius 3 is 2.68 bits per heavy atom. The predicted molar refractivity (Wildman–Crippen MR) is 69.8 cm³/mol. The molecule has 2 fully saturated rings. The monoisotopic (exact) mass is 267 g/mol. The van der Waals surface area contributed by atoms with E-state index in [9.17, 15) is 14.7 Å². The first-order chi connectivity index (χ1) is 9.10. The number of carboxylic acids is 1. The molecule has 1 aliphatic heterocycles. The predicted octanol–water partition coefficient (Wildman–Crippen LogP) is 2.28. The van der Waals surface area contributed by atoms with Gasteiger partial charge in [-0.15, -0.1) is 0 Å². The van der Waals surface area contributed by atoms with Crippen molar-refractivity contribution in [1.82, 2.24) is 4.90 Å². The average molecular weight is 267 g/mol. The van der Waals surface area contributed by atoms with Gasteiger partial charge in [-0.05, 0) is 25.2 Å². The van der Waals surface area contributed by atoms with Crippen molar-refractivity contribution < 1.29 is 19.4 Å². The molecule has 0 aromatic carbocycles. The number of likely N-dealkylation sites (tertiary alicyclic amines) is 1. The molecule has 0 bridgehead atoms. The van der Waals surface area contributed by atoms with E-state index in [2.05, 4.69) is 6.58 Å². The minimum atomic E-state index is -0.765. The number of carbonyl (C=O) groups excluding carboxylic acids is 1. The summed E-state index contributed by atoms with van der Waals surface area (Å²) in [6.07, 6.45) is 5.73. The fourth-order valence-electron chi connectivity index (χ4n) is 3.37. The molecular weight excluding hydrogens is 246 g/mol. The Balaban J connectivity index is 2.05. The van der Waals surface area contributed by atoms with Gasteiger partial charge in [-0.1, -0.05) is 25.5 Å². The molecule has 1 saturated heterocycles. The van der Waals surface area contributed by atoms with Crippen molar-refractivity contribution in [3.8, 4) is 0 Å². The number of carbonyl (C=O) groups is 2. The number of hydrogen-bond donors (Lipinski definition) is 1. The third kappa shape index (κ3) is 2.60. The molecule has 1 unspecified atom stereocenters. The fraction of sp³-hybridized carbons (Fsp3) is 0.714. The molecule has 2 aliphatic rings. The zero-order valence-corrected chi connectivity index (χ0v) is 11.1. The zero-order chi connectivity index (χ0) is 13.9. The quantitative estimate of drug-likeness (QED) is 0.793. The molecule has 2 rings (SSSR count). The molecule has 1 N–H and O–H groups in total. The first-order valence-electron chi connectivity index (χ1n) is 6.86. The molecule has 1 heterocycles. The van der Waals surface area contributed by atoms with Crippen LogP contribution in [0.25, 0.3) is 0 Å². The third-order valence-corrected chi connectivity index (χ3v) is 4.45. The van der Waals surface area contributed by atoms with Crippen LogP contribution < -0.4 is 0 Å². The van der Waals surface area contributed by atoms with Crippen molar-refractivity contribution in [3.05, 3.63) is 12.7 Å². The van der Waals surface area contributed by atoms with Gasteiger partial charge in [-0.25, -0.2) is 4.79 Å². The molecule has 19 heavy (non-hydrogen) atoms. The number of hydrogen-bond acceptors (Lipinski definition) is 3. The van der Waals surface area contributed by atoms with Crippen LogP contribution >= 0.6 is 0 Å². The smallest absolute Gasteiger partial charge is 0.410 e. The van der Waals surface area contributed by atoms with E-state index in [1.165, 1.54) is 11.0 Å². The van der Waals surface area contributed by atoms with Crippen molar-refractivity contribution in [2.75, 3.05) is 19.7 Å². The SMILES string of the molecule is C=CCOC(=O)N1CCC(C(=O)O)(C2CCCC2)C1. The van der Waals surface area contributed by atoms with Gasteiger partial charge in [0.1, 0.15) is 6.61 Å². The van der Waals surface area contributed by atoms with Crippen LogP contribution in [0.15, 0.2) is 12.7 Å². The summed E-state index contributed by atoms with van der Waals surface area (Å²) in [4.78, 5) is 25.0. The molecule has 0 aromatic heterocycles. The largest absolute Gasteiger partial charge is 0.481 e. The van der Waals surface area contributed by atoms with Gasteiger partial charge in [-0.3, -0.25) is 4.79 Å². The summed E-state index contributed by atoms with van der Waals surface area (Å²) in [5.41, 5.74) is -0.760. The van der Waals surface area contributed by atoms with Crippen LogP contribution in [0.1, 0.15) is 32.1 Å². The van der Waals surface area contributed by atoms with Crippen molar-refractivity contribution in [2.45, 2.75) is 32.1 Å². The maximum atomic E-state index is 11.8. The number of aliphatic carboxylic acids is 1. The normalized spacial score (nSPS) is 27.5. The molecule has 0 radical (unpaired) electrons. The number of nitrogens with zero attached hydrogens (tertiary/aromatic N) is 1. The summed E-state index contributed by atoms with van der Waals surface area (Å²) in [6, 6.07) is 0. The summed E-state index contributed by atoms with van der Waals surface area (Å²) in [5, 5.41) is 9.60. The second-order valence-corrected chi connectivity index (χ2v) is 5.48. The molecule has 106 valence electrons. The minimum Gasteiger partial charge on any atom is -0.481 e. The molecule has 1 aliphatic carbocycles. The highest BCUT2D eigenvalue weighted by molar-refractivity contribution is 5.78. The fourth-order valence-corrected chi connectivity index (χ4v) is 3.37. The summed E-state index contributed by atoms with van der Waals surface area (Å²) >= 11 is 0. The maximum absolute atomic E-state index is 11.8. The lowest BCUT2D eigenvalue weighted by molar-refractivity contribution is -0.151. The summed E-state index contributed by atoms with van der Waals surface area (Å²) in [7, 11) is 0. The Kier molecular flexibility index (Phi) is 4.12. The second-order valence-electron chi connectivity index (χ2n) is 5.48. The zero-order valence-electron chi connectivity index (χ0n) is 11.1. The Morgan fingerprint density at radius 1 is 1.42 bits per heavy atom. The second kappa shape index (κ2) is 5.63. The number of carboxylic acid groups (broad SMARTS) is 1. The Labute approximate surface area is 113 Å². The third-order valence-electron chi connectivity index (χ3n) is 4.45. The van der Waals surface area contributed by atoms with Crippen LogP contribution in [0.3, 0.4) is 0 Å². The Hall–Kier alpha value is -1.52. The van der Waals surface area contributed by atoms with Crippen molar-refractivity contribution >= 4 is 12.1 Å². The van der Waals surface area contributed by atoms with Gasteiger partial charge in [0.25, 0.3) is 0 Å². The first kappa shape index (κ1) is 13.9. The molecule has 1 amide bonds. The lowest BCUT2D eigenvalue weighted by Gasteiger charge is -2.30. The van der Waals surface area contributed by atoms with Gasteiger partial charge in [0.2, 0.25) is 0 Å². The van der Waals surface area contributed by atoms with E-state index < -0.39 is 17.5 Å². The summed E-state index contributed by atoms with van der Waals surface area (Å²) in [5.74, 6) is -0.569. The lowest BCUT2D eigenvalue weighted by atomic mass is 9.73. The van der Waals surface area contributed by atoms with Crippen LogP contribution in [0.5, 0.6) is 0 Å². The Morgan fingerprint density at radius 2 is 2.11 bits per heavy atom. The molecule has 1 atom stereocenters. The van der Waals surface area contributed by atoms with Crippen LogP contribution in [0, 0.1) is 11.3 Å². The highest BCUT2D eigenvalue weighted by Gasteiger charge is 2.52. The van der Waals surface area contributed by atoms with E-state index in [-0.39, 0.29) is 19.1 Å². The molecule has 0 aromatic rings. The van der Waals surface area contributed by atoms with Crippen LogP contribution in [0.4, 0.5) is 4.79 Å². The first-order valence-corrected chi connectivity index (χ1v) is 6.86. The molecular formula is C14H21NO4. The van der Waals surface area contributed by atoms with Gasteiger partial charge < -0.3 is 14.7 Å². The van der Waals surface area contributed by atoms with Crippen LogP contribution in [0.2, 0.25) is 0 Å². The summed E-state index contributed by atoms with van der Waals surface area (Å²) in [6.45, 7) is 4.41. The Bertz CT molecular complexity index is 376. The van der Waals surface area contributed by atoms with E-state index in [1.54, 1.807) is 0 Å². The van der Waals surface area contributed by atoms with E-state index >= 15 is 0 Å². The van der Waals surface area contributed by atoms with Gasteiger partial charge in [0.05, 0.1) is 5.41 Å². The molecule has 1 saturated carbocycles. The highest BCUT2D eigenvalue weighted by atomic mass is 16.6. The topological polar surface area (TPSA) is 66.8 Å². The van der Waals surface area contributed by atoms with Crippen molar-refractivity contribution in [3.63, 3.8) is 0 Å². The number of amides is 1. The number of ether oxygens (including phenoxy) is 1. The maximum Gasteiger partial charge on any atom is 0.410 e. The van der Waals surface area contributed by atoms with Crippen LogP contribution in [-0.4, -0.2) is 41.8 Å². The average Bonchev–Trinajstić information content (AvgIpc) is 3.04. The standard InChI is InChI=1S/C14H21NO4/c1-2-9-19-13(18)15-8-7-14(10-15,12(16)17)11-5-3-4-6-11/h2,11H,1,3-10H2,(H,16,17). The summed E-state index contributed by atoms with van der Waals surface area (Å²) < 4.78 is 4.99. The van der Waals surface area contributed by atoms with E-state index in [0.717, 1.165) is 25.7 Å². The van der Waals surface area contributed by atoms with Gasteiger partial charge in [-0.2, -0.15) is 0 Å². The van der Waals surface area contributed by atoms with Gasteiger partial charge in [0.15, 0.2) is 0 Å². The molecule has 5 nitrogen and oxygen atoms in total. The number of rotatable bonds is 4. The highest BCUT2D eigenvalue weighted by Crippen LogP contribution is 2.46.